The van der Waals surface area contributed by atoms with Gasteiger partial charge in [-0.25, -0.2) is 0 Å². The summed E-state index contributed by atoms with van der Waals surface area (Å²) in [5.41, 5.74) is 5.63. The van der Waals surface area contributed by atoms with Crippen molar-refractivity contribution in [3.63, 3.8) is 0 Å². The number of nitrogens with one attached hydrogen (secondary N) is 2. The number of alkyl halides is 3. The fraction of sp³-hybridized carbons (Fsp3) is 0.519. The number of carbonyl (C=O) groups is 1. The van der Waals surface area contributed by atoms with Gasteiger partial charge in [0.1, 0.15) is 0 Å². The predicted octanol–water partition coefficient (Wildman–Crippen LogP) is 4.91. The van der Waals surface area contributed by atoms with Gasteiger partial charge in [-0.3, -0.25) is 4.79 Å². The van der Waals surface area contributed by atoms with Gasteiger partial charge in [-0.2, -0.15) is 13.2 Å². The Morgan fingerprint density at radius 1 is 1.03 bits per heavy atom. The number of carbonyl (C=O) groups excluding carboxylic acids is 1. The van der Waals surface area contributed by atoms with Crippen LogP contribution < -0.4 is 16.4 Å². The molecule has 8 heteroatoms. The first-order chi connectivity index (χ1) is 16.7. The summed E-state index contributed by atoms with van der Waals surface area (Å²) in [6.07, 6.45) is -1.06. The highest BCUT2D eigenvalue weighted by Gasteiger charge is 2.36. The second kappa shape index (κ2) is 15.5. The zero-order valence-corrected chi connectivity index (χ0v) is 21.4. The third kappa shape index (κ3) is 10.4. The molecule has 5 nitrogen and oxygen atoms in total. The van der Waals surface area contributed by atoms with E-state index in [1.807, 2.05) is 13.0 Å². The van der Waals surface area contributed by atoms with E-state index >= 15 is 0 Å². The quantitative estimate of drug-likeness (QED) is 0.511. The molecule has 196 valence electrons. The Bertz CT molecular complexity index is 851. The minimum atomic E-state index is -4.25. The number of nitrogens with zero attached hydrogens (tertiary/aromatic N) is 1. The number of piperidine rings is 1. The predicted molar refractivity (Wildman–Crippen MR) is 137 cm³/mol. The van der Waals surface area contributed by atoms with E-state index in [-0.39, 0.29) is 11.4 Å². The number of likely N-dealkylation sites (tertiary alicyclic amines) is 1. The molecule has 2 aromatic carbocycles. The van der Waals surface area contributed by atoms with Crippen molar-refractivity contribution in [3.05, 3.63) is 71.3 Å². The first-order valence-electron chi connectivity index (χ1n) is 12.2. The highest BCUT2D eigenvalue weighted by molar-refractivity contribution is 5.74. The van der Waals surface area contributed by atoms with E-state index < -0.39 is 11.7 Å². The number of hydrogen-bond acceptors (Lipinski definition) is 4. The minimum absolute atomic E-state index is 0.0628. The average molecular weight is 495 g/mol. The van der Waals surface area contributed by atoms with Crippen LogP contribution >= 0.6 is 0 Å². The topological polar surface area (TPSA) is 70.4 Å². The van der Waals surface area contributed by atoms with Crippen LogP contribution in [0.15, 0.2) is 54.6 Å². The lowest BCUT2D eigenvalue weighted by molar-refractivity contribution is -0.137. The summed E-state index contributed by atoms with van der Waals surface area (Å²) in [6.45, 7) is 10.2. The number of rotatable bonds is 7. The molecule has 0 atom stereocenters. The molecule has 1 heterocycles. The largest absolute Gasteiger partial charge is 0.416 e. The van der Waals surface area contributed by atoms with Crippen molar-refractivity contribution in [3.8, 4) is 0 Å². The Balaban J connectivity index is 0.000000341. The molecule has 0 spiro atoms. The van der Waals surface area contributed by atoms with Crippen molar-refractivity contribution in [2.45, 2.75) is 58.3 Å². The molecule has 2 aromatic rings. The maximum atomic E-state index is 12.3. The summed E-state index contributed by atoms with van der Waals surface area (Å²) < 4.78 is 36.8. The molecule has 35 heavy (non-hydrogen) atoms. The van der Waals surface area contributed by atoms with Crippen molar-refractivity contribution >= 4 is 5.91 Å². The summed E-state index contributed by atoms with van der Waals surface area (Å²) in [5, 5.41) is 6.18. The maximum absolute atomic E-state index is 12.3. The molecule has 0 aromatic heterocycles. The molecule has 0 saturated carbocycles. The van der Waals surface area contributed by atoms with Gasteiger partial charge in [0.25, 0.3) is 0 Å². The lowest BCUT2D eigenvalue weighted by Crippen LogP contribution is -2.52. The summed E-state index contributed by atoms with van der Waals surface area (Å²) in [6, 6.07) is 15.7. The minimum Gasteiger partial charge on any atom is -0.347 e. The number of benzene rings is 2. The zero-order valence-electron chi connectivity index (χ0n) is 21.4. The van der Waals surface area contributed by atoms with Crippen LogP contribution in [0.5, 0.6) is 0 Å². The Morgan fingerprint density at radius 3 is 2.17 bits per heavy atom. The van der Waals surface area contributed by atoms with Gasteiger partial charge in [0, 0.05) is 26.6 Å². The van der Waals surface area contributed by atoms with Crippen molar-refractivity contribution in [2.75, 3.05) is 33.2 Å². The first-order valence-corrected chi connectivity index (χ1v) is 12.2. The van der Waals surface area contributed by atoms with E-state index in [4.69, 9.17) is 0 Å². The molecule has 1 fully saturated rings. The summed E-state index contributed by atoms with van der Waals surface area (Å²) >= 11 is 0. The fourth-order valence-corrected chi connectivity index (χ4v) is 4.18. The smallest absolute Gasteiger partial charge is 0.347 e. The molecule has 0 radical (unpaired) electrons. The SMILES string of the molecule is CCCN1CCC(NC(C)=O)(c2ccccc2)CC1.CCNCc1cccc(C(F)(F)F)c1.CN. The fourth-order valence-electron chi connectivity index (χ4n) is 4.18. The number of nitrogens with two attached hydrogens (primary N) is 1. The summed E-state index contributed by atoms with van der Waals surface area (Å²) in [4.78, 5) is 14.1. The number of hydrogen-bond donors (Lipinski definition) is 3. The molecular formula is C27H41F3N4O. The second-order valence-corrected chi connectivity index (χ2v) is 8.45. The van der Waals surface area contributed by atoms with Crippen molar-refractivity contribution in [2.24, 2.45) is 5.73 Å². The summed E-state index contributed by atoms with van der Waals surface area (Å²) in [7, 11) is 1.50. The lowest BCUT2D eigenvalue weighted by Gasteiger charge is -2.42. The van der Waals surface area contributed by atoms with Gasteiger partial charge in [-0.1, -0.05) is 62.4 Å². The van der Waals surface area contributed by atoms with Crippen molar-refractivity contribution in [1.82, 2.24) is 15.5 Å². The van der Waals surface area contributed by atoms with Gasteiger partial charge < -0.3 is 21.3 Å². The molecule has 1 aliphatic heterocycles. The standard InChI is InChI=1S/C16H24N2O.C10H12F3N.CH5N/c1-3-11-18-12-9-16(10-13-18,17-14(2)19)15-7-5-4-6-8-15;1-2-14-7-8-4-3-5-9(6-8)10(11,12)13;1-2/h4-8H,3,9-13H2,1-2H3,(H,17,19);3-6,14H,2,7H2,1H3;2H2,1H3. The monoisotopic (exact) mass is 494 g/mol. The normalized spacial score (nSPS) is 15.2. The Labute approximate surface area is 208 Å². The van der Waals surface area contributed by atoms with Gasteiger partial charge in [-0.05, 0) is 56.6 Å². The molecule has 1 amide bonds. The highest BCUT2D eigenvalue weighted by atomic mass is 19.4. The molecule has 4 N–H and O–H groups in total. The van der Waals surface area contributed by atoms with Crippen LogP contribution in [0.2, 0.25) is 0 Å². The zero-order chi connectivity index (χ0) is 26.3. The van der Waals surface area contributed by atoms with Crippen molar-refractivity contribution in [1.29, 1.82) is 0 Å². The lowest BCUT2D eigenvalue weighted by atomic mass is 9.80. The third-order valence-corrected chi connectivity index (χ3v) is 5.82. The molecule has 0 unspecified atom stereocenters. The summed E-state index contributed by atoms with van der Waals surface area (Å²) in [5.74, 6) is 0.0628. The van der Waals surface area contributed by atoms with E-state index in [1.54, 1.807) is 13.0 Å². The second-order valence-electron chi connectivity index (χ2n) is 8.45. The van der Waals surface area contributed by atoms with Crippen LogP contribution in [0.25, 0.3) is 0 Å². The Morgan fingerprint density at radius 2 is 1.66 bits per heavy atom. The molecular weight excluding hydrogens is 453 g/mol. The third-order valence-electron chi connectivity index (χ3n) is 5.82. The highest BCUT2D eigenvalue weighted by Crippen LogP contribution is 2.33. The molecule has 3 rings (SSSR count). The first kappa shape index (κ1) is 30.6. The van der Waals surface area contributed by atoms with E-state index in [2.05, 4.69) is 52.5 Å². The van der Waals surface area contributed by atoms with Gasteiger partial charge in [0.05, 0.1) is 11.1 Å². The van der Waals surface area contributed by atoms with Crippen LogP contribution in [0, 0.1) is 0 Å². The van der Waals surface area contributed by atoms with Gasteiger partial charge >= 0.3 is 6.18 Å². The maximum Gasteiger partial charge on any atom is 0.416 e. The van der Waals surface area contributed by atoms with Gasteiger partial charge in [-0.15, -0.1) is 0 Å². The molecule has 0 aliphatic carbocycles. The van der Waals surface area contributed by atoms with Crippen LogP contribution in [-0.2, 0) is 23.1 Å². The van der Waals surface area contributed by atoms with E-state index in [0.717, 1.165) is 45.1 Å². The van der Waals surface area contributed by atoms with Gasteiger partial charge in [0.2, 0.25) is 5.91 Å². The van der Waals surface area contributed by atoms with Crippen LogP contribution in [-0.4, -0.2) is 44.0 Å². The van der Waals surface area contributed by atoms with Crippen LogP contribution in [0.3, 0.4) is 0 Å². The Hall–Kier alpha value is -2.42. The Kier molecular flexibility index (Phi) is 13.6. The van der Waals surface area contributed by atoms with E-state index in [1.165, 1.54) is 31.2 Å². The molecule has 1 aliphatic rings. The van der Waals surface area contributed by atoms with Crippen molar-refractivity contribution < 1.29 is 18.0 Å². The van der Waals surface area contributed by atoms with E-state index in [0.29, 0.717) is 12.1 Å². The van der Waals surface area contributed by atoms with E-state index in [9.17, 15) is 18.0 Å². The molecule has 1 saturated heterocycles. The number of halogens is 3. The average Bonchev–Trinajstić information content (AvgIpc) is 2.86. The number of amides is 1. The van der Waals surface area contributed by atoms with Crippen LogP contribution in [0.1, 0.15) is 56.7 Å². The van der Waals surface area contributed by atoms with Gasteiger partial charge in [0.15, 0.2) is 0 Å². The van der Waals surface area contributed by atoms with Crippen LogP contribution in [0.4, 0.5) is 13.2 Å². The molecule has 0 bridgehead atoms.